The second-order valence-corrected chi connectivity index (χ2v) is 6.53. The van der Waals surface area contributed by atoms with E-state index in [1.54, 1.807) is 12.1 Å². The van der Waals surface area contributed by atoms with Crippen molar-refractivity contribution in [1.29, 1.82) is 0 Å². The molecule has 0 spiro atoms. The summed E-state index contributed by atoms with van der Waals surface area (Å²) in [5, 5.41) is 5.60. The minimum atomic E-state index is -0.273. The molecule has 3 rings (SSSR count). The molecule has 6 heteroatoms. The van der Waals surface area contributed by atoms with E-state index in [1.807, 2.05) is 54.6 Å². The summed E-state index contributed by atoms with van der Waals surface area (Å²) >= 11 is 0. The van der Waals surface area contributed by atoms with Gasteiger partial charge in [0.25, 0.3) is 5.91 Å². The molecule has 0 atom stereocenters. The van der Waals surface area contributed by atoms with Gasteiger partial charge in [-0.15, -0.1) is 0 Å². The summed E-state index contributed by atoms with van der Waals surface area (Å²) < 4.78 is 10.8. The molecule has 2 amide bonds. The van der Waals surface area contributed by atoms with Crippen LogP contribution in [-0.2, 0) is 17.9 Å². The van der Waals surface area contributed by atoms with Crippen LogP contribution in [0.4, 0.5) is 0 Å². The Bertz CT molecular complexity index is 890. The maximum Gasteiger partial charge on any atom is 0.286 e. The smallest absolute Gasteiger partial charge is 0.286 e. The predicted molar refractivity (Wildman–Crippen MR) is 109 cm³/mol. The van der Waals surface area contributed by atoms with Crippen LogP contribution in [0.3, 0.4) is 0 Å². The van der Waals surface area contributed by atoms with Crippen molar-refractivity contribution in [2.75, 3.05) is 6.54 Å². The number of nitrogens with one attached hydrogen (secondary N) is 2. The highest BCUT2D eigenvalue weighted by molar-refractivity contribution is 5.91. The van der Waals surface area contributed by atoms with Crippen molar-refractivity contribution in [3.8, 4) is 5.75 Å². The Hall–Kier alpha value is -3.54. The molecule has 1 aromatic heterocycles. The third-order valence-electron chi connectivity index (χ3n) is 4.27. The molecule has 0 saturated carbocycles. The van der Waals surface area contributed by atoms with E-state index in [4.69, 9.17) is 9.15 Å². The first-order valence-electron chi connectivity index (χ1n) is 9.55. The molecule has 1 heterocycles. The number of ether oxygens (including phenoxy) is 1. The van der Waals surface area contributed by atoms with Crippen molar-refractivity contribution < 1.29 is 18.7 Å². The second kappa shape index (κ2) is 10.7. The third-order valence-corrected chi connectivity index (χ3v) is 4.27. The molecular formula is C23H24N2O4. The molecular weight excluding hydrogens is 368 g/mol. The van der Waals surface area contributed by atoms with E-state index in [0.29, 0.717) is 32.5 Å². The topological polar surface area (TPSA) is 80.6 Å². The fourth-order valence-corrected chi connectivity index (χ4v) is 2.68. The molecule has 150 valence electrons. The summed E-state index contributed by atoms with van der Waals surface area (Å²) in [6.07, 6.45) is 2.35. The molecule has 3 aromatic rings. The van der Waals surface area contributed by atoms with Crippen molar-refractivity contribution in [3.63, 3.8) is 0 Å². The average Bonchev–Trinajstić information content (AvgIpc) is 3.30. The van der Waals surface area contributed by atoms with Crippen LogP contribution in [0.2, 0.25) is 0 Å². The number of carbonyl (C=O) groups excluding carboxylic acids is 2. The van der Waals surface area contributed by atoms with E-state index >= 15 is 0 Å². The number of benzene rings is 2. The van der Waals surface area contributed by atoms with Crippen molar-refractivity contribution in [3.05, 3.63) is 89.9 Å². The number of amides is 2. The molecule has 0 fully saturated rings. The summed E-state index contributed by atoms with van der Waals surface area (Å²) in [6.45, 7) is 1.39. The predicted octanol–water partition coefficient (Wildman–Crippen LogP) is 3.69. The SMILES string of the molecule is O=C(CCCNC(=O)c1ccco1)NCc1ccc(OCc2ccccc2)cc1. The van der Waals surface area contributed by atoms with Crippen LogP contribution in [0.25, 0.3) is 0 Å². The van der Waals surface area contributed by atoms with E-state index in [0.717, 1.165) is 16.9 Å². The third kappa shape index (κ3) is 6.84. The number of rotatable bonds is 10. The number of furan rings is 1. The Morgan fingerprint density at radius 3 is 2.38 bits per heavy atom. The lowest BCUT2D eigenvalue weighted by Crippen LogP contribution is -2.27. The molecule has 2 aromatic carbocycles. The molecule has 0 radical (unpaired) electrons. The Morgan fingerprint density at radius 1 is 0.862 bits per heavy atom. The average molecular weight is 392 g/mol. The maximum absolute atomic E-state index is 11.9. The minimum Gasteiger partial charge on any atom is -0.489 e. The van der Waals surface area contributed by atoms with E-state index in [9.17, 15) is 9.59 Å². The first-order valence-corrected chi connectivity index (χ1v) is 9.55. The van der Waals surface area contributed by atoms with Gasteiger partial charge in [-0.25, -0.2) is 0 Å². The van der Waals surface area contributed by atoms with Gasteiger partial charge in [0.15, 0.2) is 5.76 Å². The molecule has 0 aliphatic carbocycles. The van der Waals surface area contributed by atoms with Gasteiger partial charge in [-0.1, -0.05) is 42.5 Å². The first-order chi connectivity index (χ1) is 14.2. The lowest BCUT2D eigenvalue weighted by molar-refractivity contribution is -0.121. The van der Waals surface area contributed by atoms with Crippen molar-refractivity contribution in [2.45, 2.75) is 26.0 Å². The summed E-state index contributed by atoms with van der Waals surface area (Å²) in [7, 11) is 0. The van der Waals surface area contributed by atoms with Gasteiger partial charge in [-0.2, -0.15) is 0 Å². The quantitative estimate of drug-likeness (QED) is 0.516. The zero-order chi connectivity index (χ0) is 20.3. The van der Waals surface area contributed by atoms with E-state index in [-0.39, 0.29) is 17.6 Å². The van der Waals surface area contributed by atoms with Crippen LogP contribution in [0, 0.1) is 0 Å². The Balaban J connectivity index is 1.31. The van der Waals surface area contributed by atoms with Gasteiger partial charge in [-0.3, -0.25) is 9.59 Å². The van der Waals surface area contributed by atoms with Crippen LogP contribution < -0.4 is 15.4 Å². The van der Waals surface area contributed by atoms with Gasteiger partial charge >= 0.3 is 0 Å². The van der Waals surface area contributed by atoms with E-state index in [2.05, 4.69) is 10.6 Å². The van der Waals surface area contributed by atoms with Gasteiger partial charge < -0.3 is 19.8 Å². The van der Waals surface area contributed by atoms with Crippen LogP contribution in [-0.4, -0.2) is 18.4 Å². The molecule has 2 N–H and O–H groups in total. The second-order valence-electron chi connectivity index (χ2n) is 6.53. The molecule has 0 aliphatic heterocycles. The highest BCUT2D eigenvalue weighted by Crippen LogP contribution is 2.14. The number of hydrogen-bond acceptors (Lipinski definition) is 4. The zero-order valence-electron chi connectivity index (χ0n) is 16.1. The van der Waals surface area contributed by atoms with Crippen LogP contribution in [0.15, 0.2) is 77.4 Å². The zero-order valence-corrected chi connectivity index (χ0v) is 16.1. The van der Waals surface area contributed by atoms with Crippen LogP contribution in [0.1, 0.15) is 34.5 Å². The maximum atomic E-state index is 11.9. The molecule has 0 aliphatic rings. The van der Waals surface area contributed by atoms with Gasteiger partial charge in [0.05, 0.1) is 6.26 Å². The van der Waals surface area contributed by atoms with Crippen LogP contribution >= 0.6 is 0 Å². The molecule has 29 heavy (non-hydrogen) atoms. The normalized spacial score (nSPS) is 10.3. The largest absolute Gasteiger partial charge is 0.489 e. The fourth-order valence-electron chi connectivity index (χ4n) is 2.68. The highest BCUT2D eigenvalue weighted by Gasteiger charge is 2.08. The minimum absolute atomic E-state index is 0.0540. The van der Waals surface area contributed by atoms with Crippen LogP contribution in [0.5, 0.6) is 5.75 Å². The Kier molecular flexibility index (Phi) is 7.46. The first kappa shape index (κ1) is 20.2. The number of carbonyl (C=O) groups is 2. The summed E-state index contributed by atoms with van der Waals surface area (Å²) in [5.41, 5.74) is 2.11. The van der Waals surface area contributed by atoms with Gasteiger partial charge in [0, 0.05) is 19.5 Å². The molecule has 6 nitrogen and oxygen atoms in total. The Morgan fingerprint density at radius 2 is 1.66 bits per heavy atom. The summed E-state index contributed by atoms with van der Waals surface area (Å²) in [4.78, 5) is 23.6. The van der Waals surface area contributed by atoms with Crippen molar-refractivity contribution >= 4 is 11.8 Å². The summed E-state index contributed by atoms with van der Waals surface area (Å²) in [6, 6.07) is 20.9. The van der Waals surface area contributed by atoms with Crippen molar-refractivity contribution in [2.24, 2.45) is 0 Å². The van der Waals surface area contributed by atoms with E-state index in [1.165, 1.54) is 6.26 Å². The lowest BCUT2D eigenvalue weighted by Gasteiger charge is -2.09. The molecule has 0 bridgehead atoms. The fraction of sp³-hybridized carbons (Fsp3) is 0.217. The molecule has 0 saturated heterocycles. The van der Waals surface area contributed by atoms with Gasteiger partial charge in [0.1, 0.15) is 12.4 Å². The van der Waals surface area contributed by atoms with Crippen molar-refractivity contribution in [1.82, 2.24) is 10.6 Å². The van der Waals surface area contributed by atoms with E-state index < -0.39 is 0 Å². The number of hydrogen-bond donors (Lipinski definition) is 2. The Labute approximate surface area is 169 Å². The lowest BCUT2D eigenvalue weighted by atomic mass is 10.2. The molecule has 0 unspecified atom stereocenters. The highest BCUT2D eigenvalue weighted by atomic mass is 16.5. The standard InChI is InChI=1S/C23H24N2O4/c26-22(9-4-14-24-23(27)21-8-5-15-28-21)25-16-18-10-12-20(13-11-18)29-17-19-6-2-1-3-7-19/h1-3,5-8,10-13,15H,4,9,14,16-17H2,(H,24,27)(H,25,26). The summed E-state index contributed by atoms with van der Waals surface area (Å²) in [5.74, 6) is 0.730. The van der Waals surface area contributed by atoms with Gasteiger partial charge in [-0.05, 0) is 41.8 Å². The van der Waals surface area contributed by atoms with Gasteiger partial charge in [0.2, 0.25) is 5.91 Å². The monoisotopic (exact) mass is 392 g/mol.